The van der Waals surface area contributed by atoms with E-state index in [2.05, 4.69) is 17.0 Å². The van der Waals surface area contributed by atoms with Crippen molar-refractivity contribution in [2.75, 3.05) is 0 Å². The topological polar surface area (TPSA) is 33.6 Å². The van der Waals surface area contributed by atoms with Crippen LogP contribution in [0.4, 0.5) is 0 Å². The summed E-state index contributed by atoms with van der Waals surface area (Å²) in [6.07, 6.45) is 6.10. The molecule has 0 aliphatic carbocycles. The van der Waals surface area contributed by atoms with Crippen molar-refractivity contribution in [3.63, 3.8) is 0 Å². The Morgan fingerprint density at radius 2 is 2.15 bits per heavy atom. The second-order valence-corrected chi connectivity index (χ2v) is 3.69. The average Bonchev–Trinajstić information content (AvgIpc) is 2.41. The molecule has 1 aromatic rings. The van der Waals surface area contributed by atoms with Crippen LogP contribution in [0.1, 0.15) is 38.4 Å². The van der Waals surface area contributed by atoms with E-state index in [4.69, 9.17) is 12.2 Å². The van der Waals surface area contributed by atoms with Gasteiger partial charge in [0.25, 0.3) is 0 Å². The van der Waals surface area contributed by atoms with E-state index in [0.29, 0.717) is 4.77 Å². The van der Waals surface area contributed by atoms with E-state index >= 15 is 0 Å². The molecule has 0 fully saturated rings. The third-order valence-corrected chi connectivity index (χ3v) is 2.45. The molecule has 0 unspecified atom stereocenters. The Morgan fingerprint density at radius 3 is 2.69 bits per heavy atom. The molecule has 0 saturated carbocycles. The number of rotatable bonds is 5. The SMILES string of the molecule is CCCCCCc1nc(=S)n(C)[nH]1. The molecular formula is C9H17N3S. The first-order chi connectivity index (χ1) is 6.24. The summed E-state index contributed by atoms with van der Waals surface area (Å²) < 4.78 is 2.43. The summed E-state index contributed by atoms with van der Waals surface area (Å²) in [4.78, 5) is 4.23. The van der Waals surface area contributed by atoms with Crippen LogP contribution in [0.5, 0.6) is 0 Å². The molecule has 4 heteroatoms. The van der Waals surface area contributed by atoms with Gasteiger partial charge in [-0.15, -0.1) is 0 Å². The molecule has 0 amide bonds. The van der Waals surface area contributed by atoms with Gasteiger partial charge in [-0.05, 0) is 18.6 Å². The Bertz CT molecular complexity index is 300. The lowest BCUT2D eigenvalue weighted by molar-refractivity contribution is 0.645. The fourth-order valence-electron chi connectivity index (χ4n) is 1.29. The van der Waals surface area contributed by atoms with E-state index in [0.717, 1.165) is 12.2 Å². The molecule has 1 heterocycles. The van der Waals surface area contributed by atoms with Crippen molar-refractivity contribution in [1.29, 1.82) is 0 Å². The number of hydrogen-bond acceptors (Lipinski definition) is 2. The van der Waals surface area contributed by atoms with Crippen LogP contribution in [0.2, 0.25) is 0 Å². The second-order valence-electron chi connectivity index (χ2n) is 3.32. The van der Waals surface area contributed by atoms with Gasteiger partial charge < -0.3 is 0 Å². The molecule has 1 N–H and O–H groups in total. The molecule has 74 valence electrons. The monoisotopic (exact) mass is 199 g/mol. The number of aromatic amines is 1. The lowest BCUT2D eigenvalue weighted by atomic mass is 10.1. The van der Waals surface area contributed by atoms with Gasteiger partial charge in [-0.1, -0.05) is 26.2 Å². The highest BCUT2D eigenvalue weighted by atomic mass is 32.1. The minimum Gasteiger partial charge on any atom is -0.283 e. The summed E-state index contributed by atoms with van der Waals surface area (Å²) in [5.41, 5.74) is 0. The standard InChI is InChI=1S/C9H17N3S/c1-3-4-5-6-7-8-10-9(13)12(2)11-8/h3-7H2,1-2H3,(H,10,11,13). The number of H-pyrrole nitrogens is 1. The fourth-order valence-corrected chi connectivity index (χ4v) is 1.44. The van der Waals surface area contributed by atoms with Crippen LogP contribution in [-0.2, 0) is 13.5 Å². The molecule has 0 saturated heterocycles. The van der Waals surface area contributed by atoms with Crippen molar-refractivity contribution in [1.82, 2.24) is 14.8 Å². The van der Waals surface area contributed by atoms with Gasteiger partial charge in [-0.25, -0.2) is 4.98 Å². The van der Waals surface area contributed by atoms with Crippen LogP contribution in [0.3, 0.4) is 0 Å². The average molecular weight is 199 g/mol. The van der Waals surface area contributed by atoms with Crippen molar-refractivity contribution in [3.05, 3.63) is 10.6 Å². The number of aromatic nitrogens is 3. The largest absolute Gasteiger partial charge is 0.283 e. The van der Waals surface area contributed by atoms with Crippen molar-refractivity contribution >= 4 is 12.2 Å². The third kappa shape index (κ3) is 3.30. The number of nitrogens with zero attached hydrogens (tertiary/aromatic N) is 2. The Balaban J connectivity index is 2.33. The first-order valence-corrected chi connectivity index (χ1v) is 5.26. The smallest absolute Gasteiger partial charge is 0.215 e. The molecule has 0 bridgehead atoms. The molecule has 1 aromatic heterocycles. The third-order valence-electron chi connectivity index (χ3n) is 2.08. The zero-order valence-electron chi connectivity index (χ0n) is 8.34. The zero-order chi connectivity index (χ0) is 9.68. The molecule has 0 aromatic carbocycles. The molecule has 3 nitrogen and oxygen atoms in total. The fraction of sp³-hybridized carbons (Fsp3) is 0.778. The maximum absolute atomic E-state index is 5.00. The van der Waals surface area contributed by atoms with Crippen LogP contribution in [0.25, 0.3) is 0 Å². The van der Waals surface area contributed by atoms with Crippen molar-refractivity contribution < 1.29 is 0 Å². The summed E-state index contributed by atoms with van der Waals surface area (Å²) in [5, 5.41) is 3.12. The highest BCUT2D eigenvalue weighted by Crippen LogP contribution is 2.03. The molecule has 0 atom stereocenters. The van der Waals surface area contributed by atoms with Crippen molar-refractivity contribution in [3.8, 4) is 0 Å². The van der Waals surface area contributed by atoms with Crippen molar-refractivity contribution in [2.45, 2.75) is 39.0 Å². The Labute approximate surface area is 84.2 Å². The van der Waals surface area contributed by atoms with Crippen molar-refractivity contribution in [2.24, 2.45) is 7.05 Å². The quantitative estimate of drug-likeness (QED) is 0.584. The van der Waals surface area contributed by atoms with Gasteiger partial charge in [0, 0.05) is 13.5 Å². The van der Waals surface area contributed by atoms with E-state index in [-0.39, 0.29) is 0 Å². The minimum absolute atomic E-state index is 0.644. The molecule has 0 radical (unpaired) electrons. The highest BCUT2D eigenvalue weighted by molar-refractivity contribution is 7.71. The van der Waals surface area contributed by atoms with E-state index < -0.39 is 0 Å². The van der Waals surface area contributed by atoms with Crippen LogP contribution < -0.4 is 0 Å². The Kier molecular flexibility index (Phi) is 4.15. The van der Waals surface area contributed by atoms with E-state index in [9.17, 15) is 0 Å². The predicted molar refractivity (Wildman–Crippen MR) is 56.2 cm³/mol. The first-order valence-electron chi connectivity index (χ1n) is 4.86. The number of unbranched alkanes of at least 4 members (excludes halogenated alkanes) is 3. The van der Waals surface area contributed by atoms with Crippen LogP contribution in [-0.4, -0.2) is 14.8 Å². The van der Waals surface area contributed by atoms with Crippen LogP contribution >= 0.6 is 12.2 Å². The lowest BCUT2D eigenvalue weighted by Crippen LogP contribution is -1.92. The van der Waals surface area contributed by atoms with Gasteiger partial charge in [0.05, 0.1) is 0 Å². The maximum atomic E-state index is 5.00. The van der Waals surface area contributed by atoms with Crippen LogP contribution in [0.15, 0.2) is 0 Å². The van der Waals surface area contributed by atoms with E-state index in [1.165, 1.54) is 25.7 Å². The molecule has 0 aliphatic heterocycles. The van der Waals surface area contributed by atoms with E-state index in [1.54, 1.807) is 4.68 Å². The minimum atomic E-state index is 0.644. The number of aryl methyl sites for hydroxylation is 2. The molecule has 0 spiro atoms. The van der Waals surface area contributed by atoms with Gasteiger partial charge >= 0.3 is 0 Å². The molecule has 1 rings (SSSR count). The summed E-state index contributed by atoms with van der Waals surface area (Å²) in [6, 6.07) is 0. The summed E-state index contributed by atoms with van der Waals surface area (Å²) >= 11 is 5.00. The summed E-state index contributed by atoms with van der Waals surface area (Å²) in [5.74, 6) is 1.02. The number of nitrogens with one attached hydrogen (secondary N) is 1. The van der Waals surface area contributed by atoms with Crippen LogP contribution in [0, 0.1) is 4.77 Å². The Morgan fingerprint density at radius 1 is 1.38 bits per heavy atom. The van der Waals surface area contributed by atoms with Gasteiger partial charge in [-0.3, -0.25) is 9.78 Å². The van der Waals surface area contributed by atoms with Gasteiger partial charge in [0.2, 0.25) is 4.77 Å². The molecule has 0 aliphatic rings. The van der Waals surface area contributed by atoms with Gasteiger partial charge in [-0.2, -0.15) is 0 Å². The zero-order valence-corrected chi connectivity index (χ0v) is 9.15. The molecular weight excluding hydrogens is 182 g/mol. The van der Waals surface area contributed by atoms with Gasteiger partial charge in [0.1, 0.15) is 5.82 Å². The Hall–Kier alpha value is -0.640. The molecule has 13 heavy (non-hydrogen) atoms. The lowest BCUT2D eigenvalue weighted by Gasteiger charge is -1.95. The predicted octanol–water partition coefficient (Wildman–Crippen LogP) is 2.60. The summed E-state index contributed by atoms with van der Waals surface area (Å²) in [7, 11) is 1.89. The summed E-state index contributed by atoms with van der Waals surface area (Å²) in [6.45, 7) is 2.22. The normalized spacial score (nSPS) is 10.6. The van der Waals surface area contributed by atoms with E-state index in [1.807, 2.05) is 7.05 Å². The maximum Gasteiger partial charge on any atom is 0.215 e. The first kappa shape index (κ1) is 10.4. The second kappa shape index (κ2) is 5.17. The highest BCUT2D eigenvalue weighted by Gasteiger charge is 1.98. The van der Waals surface area contributed by atoms with Gasteiger partial charge in [0.15, 0.2) is 0 Å². The number of hydrogen-bond donors (Lipinski definition) is 1.